The van der Waals surface area contributed by atoms with Gasteiger partial charge in [0.05, 0.1) is 38.4 Å². The van der Waals surface area contributed by atoms with Crippen LogP contribution in [0.2, 0.25) is 0 Å². The number of benzene rings is 2. The molecule has 2 aliphatic heterocycles. The minimum atomic E-state index is -1.72. The van der Waals surface area contributed by atoms with Crippen molar-refractivity contribution in [2.24, 2.45) is 0 Å². The predicted octanol–water partition coefficient (Wildman–Crippen LogP) is -0.881. The van der Waals surface area contributed by atoms with Crippen LogP contribution in [0.1, 0.15) is 0 Å². The lowest BCUT2D eigenvalue weighted by Crippen LogP contribution is -2.61. The number of ether oxygens (including phenoxy) is 6. The summed E-state index contributed by atoms with van der Waals surface area (Å²) >= 11 is 0. The number of aliphatic hydroxyl groups excluding tert-OH is 6. The van der Waals surface area contributed by atoms with E-state index in [0.29, 0.717) is 16.9 Å². The van der Waals surface area contributed by atoms with Gasteiger partial charge in [0, 0.05) is 6.07 Å². The van der Waals surface area contributed by atoms with E-state index in [9.17, 15) is 35.4 Å². The average Bonchev–Trinajstić information content (AvgIpc) is 3.00. The van der Waals surface area contributed by atoms with E-state index in [1.54, 1.807) is 24.3 Å². The highest BCUT2D eigenvalue weighted by molar-refractivity contribution is 5.84. The summed E-state index contributed by atoms with van der Waals surface area (Å²) in [7, 11) is 2.88. The van der Waals surface area contributed by atoms with Crippen LogP contribution in [0.3, 0.4) is 0 Å². The number of hydrogen-bond acceptors (Lipinski definition) is 14. The summed E-state index contributed by atoms with van der Waals surface area (Å²) in [6.07, 6.45) is -12.3. The van der Waals surface area contributed by atoms with Crippen LogP contribution >= 0.6 is 0 Å². The molecule has 14 nitrogen and oxygen atoms in total. The van der Waals surface area contributed by atoms with Crippen molar-refractivity contribution in [2.75, 3.05) is 27.4 Å². The van der Waals surface area contributed by atoms with Gasteiger partial charge in [-0.05, 0) is 23.8 Å². The van der Waals surface area contributed by atoms with Gasteiger partial charge in [-0.2, -0.15) is 0 Å². The zero-order valence-electron chi connectivity index (χ0n) is 22.6. The number of rotatable bonds is 8. The SMILES string of the molecule is COc1ccc(-c2coc3cc(O[C@@H]4O[C@H](CO[C@@H]5OC[C@@H](O)[C@H](O)[C@H]5O)[C@@H](O)[C@H](O)[C@H]4O)c(OC)cc3c2=O)cc1. The maximum atomic E-state index is 13.3. The van der Waals surface area contributed by atoms with Crippen LogP contribution in [0, 0.1) is 0 Å². The molecular weight excluding hydrogens is 560 g/mol. The lowest BCUT2D eigenvalue weighted by atomic mass is 9.99. The Morgan fingerprint density at radius 2 is 1.55 bits per heavy atom. The third-order valence-electron chi connectivity index (χ3n) is 7.25. The summed E-state index contributed by atoms with van der Waals surface area (Å²) in [5.74, 6) is 0.724. The van der Waals surface area contributed by atoms with Gasteiger partial charge >= 0.3 is 0 Å². The molecular formula is C28H32O14. The Bertz CT molecular complexity index is 1420. The molecule has 228 valence electrons. The molecule has 0 radical (unpaired) electrons. The molecule has 2 aromatic carbocycles. The molecule has 0 aliphatic carbocycles. The van der Waals surface area contributed by atoms with Crippen LogP contribution in [0.4, 0.5) is 0 Å². The maximum Gasteiger partial charge on any atom is 0.229 e. The van der Waals surface area contributed by atoms with Crippen molar-refractivity contribution in [1.82, 2.24) is 0 Å². The van der Waals surface area contributed by atoms with Crippen LogP contribution in [-0.2, 0) is 14.2 Å². The van der Waals surface area contributed by atoms with Gasteiger partial charge < -0.3 is 63.5 Å². The second-order valence-electron chi connectivity index (χ2n) is 9.92. The first-order valence-corrected chi connectivity index (χ1v) is 13.0. The molecule has 0 bridgehead atoms. The van der Waals surface area contributed by atoms with E-state index in [0.717, 1.165) is 0 Å². The molecule has 0 spiro atoms. The molecule has 2 saturated heterocycles. The van der Waals surface area contributed by atoms with E-state index in [1.165, 1.54) is 32.6 Å². The summed E-state index contributed by atoms with van der Waals surface area (Å²) in [6, 6.07) is 9.65. The van der Waals surface area contributed by atoms with Crippen LogP contribution in [0.5, 0.6) is 17.2 Å². The quantitative estimate of drug-likeness (QED) is 0.188. The Balaban J connectivity index is 1.36. The monoisotopic (exact) mass is 592 g/mol. The predicted molar refractivity (Wildman–Crippen MR) is 142 cm³/mol. The van der Waals surface area contributed by atoms with E-state index in [-0.39, 0.29) is 34.5 Å². The first-order chi connectivity index (χ1) is 20.1. The van der Waals surface area contributed by atoms with E-state index >= 15 is 0 Å². The van der Waals surface area contributed by atoms with E-state index in [2.05, 4.69) is 0 Å². The molecule has 6 N–H and O–H groups in total. The van der Waals surface area contributed by atoms with Crippen molar-refractivity contribution in [1.29, 1.82) is 0 Å². The van der Waals surface area contributed by atoms with Gasteiger partial charge in [0.15, 0.2) is 17.8 Å². The molecule has 1 aromatic heterocycles. The van der Waals surface area contributed by atoms with E-state index < -0.39 is 61.9 Å². The highest BCUT2D eigenvalue weighted by Gasteiger charge is 2.46. The largest absolute Gasteiger partial charge is 0.497 e. The Morgan fingerprint density at radius 1 is 0.833 bits per heavy atom. The summed E-state index contributed by atoms with van der Waals surface area (Å²) in [4.78, 5) is 13.3. The average molecular weight is 593 g/mol. The molecule has 2 fully saturated rings. The second-order valence-corrected chi connectivity index (χ2v) is 9.92. The van der Waals surface area contributed by atoms with Crippen molar-refractivity contribution >= 4 is 11.0 Å². The third-order valence-corrected chi connectivity index (χ3v) is 7.25. The lowest BCUT2D eigenvalue weighted by molar-refractivity contribution is -0.307. The zero-order chi connectivity index (χ0) is 30.1. The lowest BCUT2D eigenvalue weighted by Gasteiger charge is -2.41. The van der Waals surface area contributed by atoms with Gasteiger partial charge in [-0.25, -0.2) is 0 Å². The number of fused-ring (bicyclic) bond motifs is 1. The molecule has 0 amide bonds. The fraction of sp³-hybridized carbons (Fsp3) is 0.464. The number of methoxy groups -OCH3 is 2. The van der Waals surface area contributed by atoms with Gasteiger partial charge in [0.25, 0.3) is 0 Å². The second kappa shape index (κ2) is 12.5. The Hall–Kier alpha value is -3.31. The van der Waals surface area contributed by atoms with Crippen molar-refractivity contribution < 1.29 is 63.5 Å². The Kier molecular flexibility index (Phi) is 8.98. The van der Waals surface area contributed by atoms with Gasteiger partial charge in [-0.15, -0.1) is 0 Å². The molecule has 5 rings (SSSR count). The fourth-order valence-electron chi connectivity index (χ4n) is 4.75. The first kappa shape index (κ1) is 30.2. The van der Waals surface area contributed by atoms with Crippen LogP contribution in [0.25, 0.3) is 22.1 Å². The smallest absolute Gasteiger partial charge is 0.229 e. The standard InChI is InChI=1S/C28H32O14/c1-36-13-5-3-12(4-6-13)15-9-38-17-8-19(18(37-2)7-14(17)21(15)30)41-28-26(35)24(33)23(32)20(42-28)11-40-27-25(34)22(31)16(29)10-39-27/h3-9,16,20,22-29,31-35H,10-11H2,1-2H3/t16-,20-,22+,23-,24+,25-,26-,27+,28-/m1/s1. The van der Waals surface area contributed by atoms with Crippen molar-refractivity contribution in [3.05, 3.63) is 52.9 Å². The fourth-order valence-corrected chi connectivity index (χ4v) is 4.75. The van der Waals surface area contributed by atoms with Crippen molar-refractivity contribution in [3.8, 4) is 28.4 Å². The Morgan fingerprint density at radius 3 is 2.24 bits per heavy atom. The minimum absolute atomic E-state index is 0.000742. The molecule has 0 unspecified atom stereocenters. The molecule has 0 saturated carbocycles. The molecule has 2 aliphatic rings. The zero-order valence-corrected chi connectivity index (χ0v) is 22.6. The summed E-state index contributed by atoms with van der Waals surface area (Å²) in [6.45, 7) is -0.753. The molecule has 3 heterocycles. The molecule has 3 aromatic rings. The maximum absolute atomic E-state index is 13.3. The molecule has 42 heavy (non-hydrogen) atoms. The first-order valence-electron chi connectivity index (χ1n) is 13.0. The van der Waals surface area contributed by atoms with Crippen molar-refractivity contribution in [2.45, 2.75) is 55.3 Å². The topological polar surface area (TPSA) is 207 Å². The third kappa shape index (κ3) is 5.81. The highest BCUT2D eigenvalue weighted by atomic mass is 16.7. The number of aliphatic hydroxyl groups is 6. The highest BCUT2D eigenvalue weighted by Crippen LogP contribution is 2.35. The molecule has 9 atom stereocenters. The summed E-state index contributed by atoms with van der Waals surface area (Å²) < 4.78 is 38.4. The van der Waals surface area contributed by atoms with E-state index in [1.807, 2.05) is 0 Å². The molecule has 14 heteroatoms. The summed E-state index contributed by atoms with van der Waals surface area (Å²) in [5.41, 5.74) is 0.729. The van der Waals surface area contributed by atoms with Gasteiger partial charge in [0.2, 0.25) is 11.7 Å². The van der Waals surface area contributed by atoms with Gasteiger partial charge in [0.1, 0.15) is 60.3 Å². The Labute approximate surface area is 238 Å². The van der Waals surface area contributed by atoms with Gasteiger partial charge in [-0.3, -0.25) is 4.79 Å². The number of hydrogen-bond donors (Lipinski definition) is 6. The van der Waals surface area contributed by atoms with Gasteiger partial charge in [-0.1, -0.05) is 12.1 Å². The van der Waals surface area contributed by atoms with E-state index in [4.69, 9.17) is 32.8 Å². The normalized spacial score (nSPS) is 31.6. The van der Waals surface area contributed by atoms with Crippen LogP contribution in [-0.4, -0.2) is 113 Å². The summed E-state index contributed by atoms with van der Waals surface area (Å²) in [5, 5.41) is 61.2. The minimum Gasteiger partial charge on any atom is -0.497 e. The van der Waals surface area contributed by atoms with Crippen molar-refractivity contribution in [3.63, 3.8) is 0 Å². The van der Waals surface area contributed by atoms with Crippen LogP contribution < -0.4 is 19.6 Å². The van der Waals surface area contributed by atoms with Crippen LogP contribution in [0.15, 0.2) is 51.9 Å².